The average Bonchev–Trinajstić information content (AvgIpc) is 2.94. The molecule has 0 spiro atoms. The van der Waals surface area contributed by atoms with E-state index >= 15 is 0 Å². The topological polar surface area (TPSA) is 60.8 Å². The van der Waals surface area contributed by atoms with Crippen molar-refractivity contribution in [3.8, 4) is 0 Å². The average molecular weight is 297 g/mol. The number of hydrogen-bond donors (Lipinski definition) is 3. The number of rotatable bonds is 7. The molecule has 5 nitrogen and oxygen atoms in total. The number of nitrogens with one attached hydrogen (secondary N) is 3. The van der Waals surface area contributed by atoms with E-state index in [1.807, 2.05) is 20.9 Å². The van der Waals surface area contributed by atoms with Gasteiger partial charge in [-0.1, -0.05) is 25.7 Å². The minimum absolute atomic E-state index is 0.548. The van der Waals surface area contributed by atoms with Crippen LogP contribution in [-0.4, -0.2) is 30.1 Å². The molecule has 0 aromatic rings. The molecule has 0 aromatic carbocycles. The Morgan fingerprint density at radius 2 is 1.95 bits per heavy atom. The fourth-order valence-electron chi connectivity index (χ4n) is 2.49. The van der Waals surface area contributed by atoms with Crippen molar-refractivity contribution in [3.05, 3.63) is 0 Å². The first-order valence-corrected chi connectivity index (χ1v) is 7.90. The zero-order valence-electron chi connectivity index (χ0n) is 12.8. The van der Waals surface area contributed by atoms with Gasteiger partial charge < -0.3 is 10.7 Å². The Bertz CT molecular complexity index is 359. The van der Waals surface area contributed by atoms with Crippen molar-refractivity contribution < 1.29 is 0 Å². The quantitative estimate of drug-likeness (QED) is 0.384. The van der Waals surface area contributed by atoms with E-state index in [-0.39, 0.29) is 0 Å². The van der Waals surface area contributed by atoms with Crippen molar-refractivity contribution in [2.45, 2.75) is 52.4 Å². The summed E-state index contributed by atoms with van der Waals surface area (Å²) >= 11 is 5.09. The summed E-state index contributed by atoms with van der Waals surface area (Å²) in [5, 5.41) is 12.2. The predicted octanol–water partition coefficient (Wildman–Crippen LogP) is 2.39. The second-order valence-electron chi connectivity index (χ2n) is 5.14. The lowest BCUT2D eigenvalue weighted by atomic mass is 9.99. The van der Waals surface area contributed by atoms with Gasteiger partial charge in [0.1, 0.15) is 0 Å². The van der Waals surface area contributed by atoms with Crippen molar-refractivity contribution >= 4 is 28.8 Å². The van der Waals surface area contributed by atoms with Crippen LogP contribution in [0.15, 0.2) is 10.2 Å². The summed E-state index contributed by atoms with van der Waals surface area (Å²) in [6.07, 6.45) is 7.67. The molecule has 0 bridgehead atoms. The zero-order valence-corrected chi connectivity index (χ0v) is 13.6. The lowest BCUT2D eigenvalue weighted by molar-refractivity contribution is 0.515. The first kappa shape index (κ1) is 16.9. The van der Waals surface area contributed by atoms with E-state index in [4.69, 9.17) is 12.2 Å². The Kier molecular flexibility index (Phi) is 8.18. The van der Waals surface area contributed by atoms with Crippen LogP contribution in [0.4, 0.5) is 0 Å². The van der Waals surface area contributed by atoms with Gasteiger partial charge in [-0.2, -0.15) is 10.2 Å². The molecular weight excluding hydrogens is 270 g/mol. The molecule has 1 aliphatic rings. The molecule has 114 valence electrons. The lowest BCUT2D eigenvalue weighted by Crippen LogP contribution is -2.33. The van der Waals surface area contributed by atoms with Gasteiger partial charge in [-0.15, -0.1) is 0 Å². The van der Waals surface area contributed by atoms with Crippen LogP contribution in [0.5, 0.6) is 0 Å². The molecule has 0 saturated heterocycles. The van der Waals surface area contributed by atoms with Crippen LogP contribution in [0.3, 0.4) is 0 Å². The van der Waals surface area contributed by atoms with Gasteiger partial charge in [-0.25, -0.2) is 0 Å². The Morgan fingerprint density at radius 3 is 2.55 bits per heavy atom. The molecule has 0 aliphatic heterocycles. The van der Waals surface area contributed by atoms with Gasteiger partial charge in [0.25, 0.3) is 0 Å². The van der Waals surface area contributed by atoms with Crippen LogP contribution in [0, 0.1) is 5.92 Å². The van der Waals surface area contributed by atoms with E-state index in [1.165, 1.54) is 32.1 Å². The van der Waals surface area contributed by atoms with Crippen LogP contribution >= 0.6 is 12.2 Å². The molecule has 1 rings (SSSR count). The predicted molar refractivity (Wildman–Crippen MR) is 90.2 cm³/mol. The molecule has 3 N–H and O–H groups in total. The normalized spacial score (nSPS) is 17.1. The molecule has 1 fully saturated rings. The third kappa shape index (κ3) is 6.32. The highest BCUT2D eigenvalue weighted by Crippen LogP contribution is 2.28. The Balaban J connectivity index is 2.48. The third-order valence-electron chi connectivity index (χ3n) is 3.59. The maximum Gasteiger partial charge on any atom is 0.186 e. The summed E-state index contributed by atoms with van der Waals surface area (Å²) in [6.45, 7) is 4.76. The molecule has 20 heavy (non-hydrogen) atoms. The van der Waals surface area contributed by atoms with E-state index < -0.39 is 0 Å². The molecule has 6 heteroatoms. The fraction of sp³-hybridized carbons (Fsp3) is 0.786. The molecule has 0 unspecified atom stereocenters. The maximum atomic E-state index is 5.09. The van der Waals surface area contributed by atoms with Crippen LogP contribution in [0.25, 0.3) is 0 Å². The molecule has 0 atom stereocenters. The minimum atomic E-state index is 0.548. The van der Waals surface area contributed by atoms with E-state index in [0.29, 0.717) is 5.11 Å². The number of hydrazone groups is 2. The van der Waals surface area contributed by atoms with E-state index in [1.54, 1.807) is 0 Å². The van der Waals surface area contributed by atoms with Gasteiger partial charge in [0, 0.05) is 13.6 Å². The summed E-state index contributed by atoms with van der Waals surface area (Å²) in [5.74, 6) is 0.862. The standard InChI is InChI=1S/C14H27N5S/c1-4-16-14(20)19-17-11(2)13(18-15-3)10-9-12-7-5-6-8-12/h12,15H,4-10H2,1-3H3,(H2,16,19,20)/b17-11+,18-13+. The maximum absolute atomic E-state index is 5.09. The highest BCUT2D eigenvalue weighted by atomic mass is 32.1. The Hall–Kier alpha value is -1.17. The molecule has 0 aromatic heterocycles. The molecule has 0 radical (unpaired) electrons. The largest absolute Gasteiger partial charge is 0.362 e. The highest BCUT2D eigenvalue weighted by Gasteiger charge is 2.16. The minimum Gasteiger partial charge on any atom is -0.362 e. The summed E-state index contributed by atoms with van der Waals surface area (Å²) < 4.78 is 0. The first-order chi connectivity index (χ1) is 9.67. The van der Waals surface area contributed by atoms with E-state index in [9.17, 15) is 0 Å². The number of hydrogen-bond acceptors (Lipinski definition) is 4. The van der Waals surface area contributed by atoms with Crippen LogP contribution < -0.4 is 16.2 Å². The van der Waals surface area contributed by atoms with Gasteiger partial charge >= 0.3 is 0 Å². The van der Waals surface area contributed by atoms with Crippen LogP contribution in [-0.2, 0) is 0 Å². The lowest BCUT2D eigenvalue weighted by Gasteiger charge is -2.11. The Labute approximate surface area is 127 Å². The summed E-state index contributed by atoms with van der Waals surface area (Å²) in [6, 6.07) is 0. The van der Waals surface area contributed by atoms with Gasteiger partial charge in [0.05, 0.1) is 11.4 Å². The van der Waals surface area contributed by atoms with Gasteiger partial charge in [0.15, 0.2) is 5.11 Å². The van der Waals surface area contributed by atoms with Gasteiger partial charge in [-0.3, -0.25) is 5.43 Å². The first-order valence-electron chi connectivity index (χ1n) is 7.49. The molecular formula is C14H27N5S. The summed E-state index contributed by atoms with van der Waals surface area (Å²) in [4.78, 5) is 0. The SMILES string of the molecule is CCNC(=S)N/N=C(C)/C(CCC1CCCC1)=N/NC. The highest BCUT2D eigenvalue weighted by molar-refractivity contribution is 7.80. The monoisotopic (exact) mass is 297 g/mol. The fourth-order valence-corrected chi connectivity index (χ4v) is 2.68. The third-order valence-corrected chi connectivity index (χ3v) is 3.83. The van der Waals surface area contributed by atoms with E-state index in [2.05, 4.69) is 26.4 Å². The molecule has 1 aliphatic carbocycles. The van der Waals surface area contributed by atoms with E-state index in [0.717, 1.165) is 30.3 Å². The van der Waals surface area contributed by atoms with Crippen molar-refractivity contribution in [1.82, 2.24) is 16.2 Å². The number of nitrogens with zero attached hydrogens (tertiary/aromatic N) is 2. The second-order valence-corrected chi connectivity index (χ2v) is 5.55. The van der Waals surface area contributed by atoms with Crippen molar-refractivity contribution in [2.24, 2.45) is 16.1 Å². The summed E-state index contributed by atoms with van der Waals surface area (Å²) in [7, 11) is 1.82. The zero-order chi connectivity index (χ0) is 14.8. The van der Waals surface area contributed by atoms with Crippen LogP contribution in [0.2, 0.25) is 0 Å². The van der Waals surface area contributed by atoms with Gasteiger partial charge in [-0.05, 0) is 44.8 Å². The smallest absolute Gasteiger partial charge is 0.186 e. The van der Waals surface area contributed by atoms with Crippen molar-refractivity contribution in [3.63, 3.8) is 0 Å². The summed E-state index contributed by atoms with van der Waals surface area (Å²) in [5.41, 5.74) is 7.61. The van der Waals surface area contributed by atoms with Gasteiger partial charge in [0.2, 0.25) is 0 Å². The second kappa shape index (κ2) is 9.69. The number of thiocarbonyl (C=S) groups is 1. The van der Waals surface area contributed by atoms with Crippen molar-refractivity contribution in [2.75, 3.05) is 13.6 Å². The Morgan fingerprint density at radius 1 is 1.25 bits per heavy atom. The molecule has 1 saturated carbocycles. The van der Waals surface area contributed by atoms with Crippen LogP contribution in [0.1, 0.15) is 52.4 Å². The van der Waals surface area contributed by atoms with Crippen molar-refractivity contribution in [1.29, 1.82) is 0 Å². The molecule has 0 amide bonds. The molecule has 0 heterocycles.